The van der Waals surface area contributed by atoms with Crippen molar-refractivity contribution in [1.29, 1.82) is 0 Å². The van der Waals surface area contributed by atoms with Gasteiger partial charge in [0.1, 0.15) is 0 Å². The van der Waals surface area contributed by atoms with Crippen LogP contribution in [0.4, 0.5) is 8.78 Å². The van der Waals surface area contributed by atoms with Crippen LogP contribution >= 0.6 is 15.9 Å². The van der Waals surface area contributed by atoms with Gasteiger partial charge >= 0.3 is 6.61 Å². The van der Waals surface area contributed by atoms with Gasteiger partial charge in [-0.05, 0) is 18.6 Å². The predicted molar refractivity (Wildman–Crippen MR) is 48.2 cm³/mol. The summed E-state index contributed by atoms with van der Waals surface area (Å²) in [5.41, 5.74) is 1.52. The van der Waals surface area contributed by atoms with E-state index in [0.29, 0.717) is 11.0 Å². The highest BCUT2D eigenvalue weighted by atomic mass is 79.9. The molecule has 0 aliphatic heterocycles. The predicted octanol–water partition coefficient (Wildman–Crippen LogP) is 2.89. The van der Waals surface area contributed by atoms with E-state index in [1.807, 2.05) is 0 Å². The van der Waals surface area contributed by atoms with Gasteiger partial charge in [-0.3, -0.25) is 0 Å². The van der Waals surface area contributed by atoms with E-state index in [-0.39, 0.29) is 5.88 Å². The topological polar surface area (TPSA) is 22.1 Å². The van der Waals surface area contributed by atoms with Crippen LogP contribution in [0.2, 0.25) is 0 Å². The van der Waals surface area contributed by atoms with E-state index >= 15 is 0 Å². The van der Waals surface area contributed by atoms with Crippen LogP contribution < -0.4 is 4.74 Å². The van der Waals surface area contributed by atoms with E-state index in [1.165, 1.54) is 6.07 Å². The van der Waals surface area contributed by atoms with Crippen LogP contribution in [0.5, 0.6) is 5.88 Å². The molecule has 5 heteroatoms. The summed E-state index contributed by atoms with van der Waals surface area (Å²) in [6, 6.07) is 3.28. The minimum atomic E-state index is -2.82. The molecule has 0 aromatic carbocycles. The second-order valence-electron chi connectivity index (χ2n) is 2.47. The molecular formula is C8H8BrF2NO. The van der Waals surface area contributed by atoms with E-state index in [0.717, 1.165) is 5.56 Å². The Bertz CT molecular complexity index is 293. The van der Waals surface area contributed by atoms with Gasteiger partial charge in [0.15, 0.2) is 0 Å². The highest BCUT2D eigenvalue weighted by Gasteiger charge is 2.06. The molecule has 0 unspecified atom stereocenters. The van der Waals surface area contributed by atoms with E-state index in [1.54, 1.807) is 13.0 Å². The summed E-state index contributed by atoms with van der Waals surface area (Å²) in [5.74, 6) is -0.0375. The summed E-state index contributed by atoms with van der Waals surface area (Å²) in [5, 5.41) is 0.593. The van der Waals surface area contributed by atoms with Crippen LogP contribution in [0.1, 0.15) is 11.3 Å². The van der Waals surface area contributed by atoms with Crippen molar-refractivity contribution in [3.8, 4) is 5.88 Å². The summed E-state index contributed by atoms with van der Waals surface area (Å²) < 4.78 is 27.8. The maximum absolute atomic E-state index is 11.8. The molecule has 0 N–H and O–H groups in total. The first-order valence-corrected chi connectivity index (χ1v) is 4.72. The summed E-state index contributed by atoms with van der Waals surface area (Å²) in [7, 11) is 0. The van der Waals surface area contributed by atoms with Crippen LogP contribution in [-0.2, 0) is 5.33 Å². The van der Waals surface area contributed by atoms with Gasteiger partial charge in [0.25, 0.3) is 0 Å². The Labute approximate surface area is 83.1 Å². The second-order valence-corrected chi connectivity index (χ2v) is 3.03. The standard InChI is InChI=1S/C8H8BrF2NO/c1-5-2-6(4-9)3-7(12-5)13-8(10)11/h2-3,8H,4H2,1H3. The zero-order valence-corrected chi connectivity index (χ0v) is 8.51. The number of pyridine rings is 1. The fraction of sp³-hybridized carbons (Fsp3) is 0.375. The van der Waals surface area contributed by atoms with Crippen LogP contribution in [0, 0.1) is 6.92 Å². The van der Waals surface area contributed by atoms with Crippen LogP contribution in [0.25, 0.3) is 0 Å². The number of aromatic nitrogens is 1. The summed E-state index contributed by atoms with van der Waals surface area (Å²) in [6.07, 6.45) is 0. The smallest absolute Gasteiger partial charge is 0.388 e. The summed E-state index contributed by atoms with van der Waals surface area (Å²) in [6.45, 7) is -1.10. The van der Waals surface area contributed by atoms with Gasteiger partial charge in [-0.15, -0.1) is 0 Å². The highest BCUT2D eigenvalue weighted by molar-refractivity contribution is 9.08. The molecule has 0 radical (unpaired) electrons. The molecule has 2 nitrogen and oxygen atoms in total. The molecule has 72 valence electrons. The van der Waals surface area contributed by atoms with E-state index in [2.05, 4.69) is 25.7 Å². The molecule has 13 heavy (non-hydrogen) atoms. The van der Waals surface area contributed by atoms with Crippen LogP contribution in [0.3, 0.4) is 0 Å². The van der Waals surface area contributed by atoms with Gasteiger partial charge < -0.3 is 4.74 Å². The lowest BCUT2D eigenvalue weighted by molar-refractivity contribution is -0.0529. The average Bonchev–Trinajstić information content (AvgIpc) is 2.01. The molecule has 1 rings (SSSR count). The van der Waals surface area contributed by atoms with Crippen molar-refractivity contribution < 1.29 is 13.5 Å². The molecule has 0 aliphatic carbocycles. The Balaban J connectivity index is 2.88. The highest BCUT2D eigenvalue weighted by Crippen LogP contribution is 2.16. The van der Waals surface area contributed by atoms with Crippen molar-refractivity contribution in [3.05, 3.63) is 23.4 Å². The van der Waals surface area contributed by atoms with Crippen molar-refractivity contribution in [2.24, 2.45) is 0 Å². The van der Waals surface area contributed by atoms with Gasteiger partial charge in [-0.25, -0.2) is 4.98 Å². The zero-order valence-electron chi connectivity index (χ0n) is 6.93. The number of hydrogen-bond donors (Lipinski definition) is 0. The lowest BCUT2D eigenvalue weighted by atomic mass is 10.2. The van der Waals surface area contributed by atoms with E-state index in [9.17, 15) is 8.78 Å². The number of ether oxygens (including phenoxy) is 1. The zero-order chi connectivity index (χ0) is 9.84. The molecule has 0 saturated heterocycles. The normalized spacial score (nSPS) is 10.5. The van der Waals surface area contributed by atoms with Crippen molar-refractivity contribution >= 4 is 15.9 Å². The molecule has 1 aromatic heterocycles. The maximum Gasteiger partial charge on any atom is 0.388 e. The largest absolute Gasteiger partial charge is 0.417 e. The first-order valence-electron chi connectivity index (χ1n) is 3.60. The van der Waals surface area contributed by atoms with Gasteiger partial charge in [0.2, 0.25) is 5.88 Å². The molecular weight excluding hydrogens is 244 g/mol. The van der Waals surface area contributed by atoms with E-state index in [4.69, 9.17) is 0 Å². The Morgan fingerprint density at radius 2 is 2.23 bits per heavy atom. The maximum atomic E-state index is 11.8. The second kappa shape index (κ2) is 4.50. The number of alkyl halides is 3. The van der Waals surface area contributed by atoms with Crippen LogP contribution in [-0.4, -0.2) is 11.6 Å². The molecule has 1 aromatic rings. The quantitative estimate of drug-likeness (QED) is 0.771. The molecule has 0 spiro atoms. The molecule has 0 aliphatic rings. The molecule has 0 saturated carbocycles. The van der Waals surface area contributed by atoms with Gasteiger partial charge in [0.05, 0.1) is 0 Å². The Hall–Kier alpha value is -0.710. The summed E-state index contributed by atoms with van der Waals surface area (Å²) >= 11 is 3.22. The van der Waals surface area contributed by atoms with Gasteiger partial charge in [0, 0.05) is 17.1 Å². The van der Waals surface area contributed by atoms with Crippen molar-refractivity contribution in [1.82, 2.24) is 4.98 Å². The number of halogens is 3. The molecule has 0 fully saturated rings. The van der Waals surface area contributed by atoms with E-state index < -0.39 is 6.61 Å². The number of rotatable bonds is 3. The molecule has 0 bridgehead atoms. The molecule has 0 atom stereocenters. The fourth-order valence-corrected chi connectivity index (χ4v) is 1.26. The third kappa shape index (κ3) is 3.26. The number of aryl methyl sites for hydroxylation is 1. The Kier molecular flexibility index (Phi) is 3.59. The minimum Gasteiger partial charge on any atom is -0.417 e. The number of hydrogen-bond acceptors (Lipinski definition) is 2. The third-order valence-corrected chi connectivity index (χ3v) is 2.00. The third-order valence-electron chi connectivity index (χ3n) is 1.35. The number of nitrogens with zero attached hydrogens (tertiary/aromatic N) is 1. The Morgan fingerprint density at radius 3 is 2.77 bits per heavy atom. The van der Waals surface area contributed by atoms with Crippen LogP contribution in [0.15, 0.2) is 12.1 Å². The van der Waals surface area contributed by atoms with Gasteiger partial charge in [-0.1, -0.05) is 15.9 Å². The molecule has 1 heterocycles. The molecule has 0 amide bonds. The van der Waals surface area contributed by atoms with Crippen molar-refractivity contribution in [2.45, 2.75) is 18.9 Å². The first kappa shape index (κ1) is 10.4. The minimum absolute atomic E-state index is 0.0375. The fourth-order valence-electron chi connectivity index (χ4n) is 0.936. The average molecular weight is 252 g/mol. The monoisotopic (exact) mass is 251 g/mol. The lowest BCUT2D eigenvalue weighted by Gasteiger charge is -2.05. The van der Waals surface area contributed by atoms with Gasteiger partial charge in [-0.2, -0.15) is 8.78 Å². The summed E-state index contributed by atoms with van der Waals surface area (Å²) in [4.78, 5) is 3.80. The van der Waals surface area contributed by atoms with Crippen molar-refractivity contribution in [3.63, 3.8) is 0 Å². The SMILES string of the molecule is Cc1cc(CBr)cc(OC(F)F)n1. The Morgan fingerprint density at radius 1 is 1.54 bits per heavy atom. The lowest BCUT2D eigenvalue weighted by Crippen LogP contribution is -2.04. The first-order chi connectivity index (χ1) is 6.11. The van der Waals surface area contributed by atoms with Crippen molar-refractivity contribution in [2.75, 3.05) is 0 Å².